The lowest BCUT2D eigenvalue weighted by atomic mass is 9.88. The lowest BCUT2D eigenvalue weighted by Gasteiger charge is -2.37. The molecule has 1 amide bonds. The van der Waals surface area contributed by atoms with E-state index in [1.165, 1.54) is 19.3 Å². The Balaban J connectivity index is 1.23. The Kier molecular flexibility index (Phi) is 6.80. The van der Waals surface area contributed by atoms with E-state index >= 15 is 0 Å². The van der Waals surface area contributed by atoms with Gasteiger partial charge in [-0.2, -0.15) is 0 Å². The molecule has 1 N–H and O–H groups in total. The van der Waals surface area contributed by atoms with E-state index in [2.05, 4.69) is 14.2 Å². The zero-order valence-electron chi connectivity index (χ0n) is 20.2. The summed E-state index contributed by atoms with van der Waals surface area (Å²) in [7, 11) is -1.67. The number of fused-ring (bicyclic) bond motifs is 1. The minimum Gasteiger partial charge on any atom is -0.340 e. The second-order valence-electron chi connectivity index (χ2n) is 9.65. The minimum absolute atomic E-state index is 0.225. The van der Waals surface area contributed by atoms with E-state index in [0.29, 0.717) is 18.1 Å². The molecule has 35 heavy (non-hydrogen) atoms. The maximum absolute atomic E-state index is 12.9. The highest BCUT2D eigenvalue weighted by Crippen LogP contribution is 2.26. The summed E-state index contributed by atoms with van der Waals surface area (Å²) in [5.74, 6) is 1.50. The van der Waals surface area contributed by atoms with Crippen molar-refractivity contribution in [3.05, 3.63) is 54.4 Å². The summed E-state index contributed by atoms with van der Waals surface area (Å²) >= 11 is 0. The molecule has 0 atom stereocenters. The Labute approximate surface area is 207 Å². The molecule has 0 unspecified atom stereocenters. The van der Waals surface area contributed by atoms with Crippen LogP contribution in [-0.4, -0.2) is 59.9 Å². The molecule has 2 aromatic carbocycles. The Morgan fingerprint density at radius 2 is 1.71 bits per heavy atom. The lowest BCUT2D eigenvalue weighted by molar-refractivity contribution is -0.138. The van der Waals surface area contributed by atoms with E-state index in [9.17, 15) is 13.2 Å². The van der Waals surface area contributed by atoms with Crippen molar-refractivity contribution in [3.63, 3.8) is 0 Å². The van der Waals surface area contributed by atoms with Gasteiger partial charge in [-0.05, 0) is 43.2 Å². The van der Waals surface area contributed by atoms with Crippen molar-refractivity contribution in [1.29, 1.82) is 0 Å². The summed E-state index contributed by atoms with van der Waals surface area (Å²) in [6.07, 6.45) is 5.71. The van der Waals surface area contributed by atoms with Gasteiger partial charge in [0.25, 0.3) is 10.0 Å². The van der Waals surface area contributed by atoms with Gasteiger partial charge in [-0.3, -0.25) is 14.4 Å². The van der Waals surface area contributed by atoms with Crippen molar-refractivity contribution in [1.82, 2.24) is 19.4 Å². The molecule has 2 fully saturated rings. The first-order chi connectivity index (χ1) is 16.9. The van der Waals surface area contributed by atoms with Crippen LogP contribution in [0.3, 0.4) is 0 Å². The molecule has 1 aliphatic carbocycles. The van der Waals surface area contributed by atoms with Gasteiger partial charge >= 0.3 is 0 Å². The van der Waals surface area contributed by atoms with Gasteiger partial charge in [0.15, 0.2) is 0 Å². The number of nitrogens with zero attached hydrogens (tertiary/aromatic N) is 4. The number of aromatic nitrogens is 2. The fraction of sp³-hybridized carbons (Fsp3) is 0.462. The smallest absolute Gasteiger partial charge is 0.261 e. The average molecular weight is 496 g/mol. The van der Waals surface area contributed by atoms with Crippen LogP contribution < -0.4 is 4.72 Å². The molecule has 1 saturated heterocycles. The van der Waals surface area contributed by atoms with Crippen molar-refractivity contribution in [3.8, 4) is 0 Å². The van der Waals surface area contributed by atoms with Crippen molar-refractivity contribution >= 4 is 32.7 Å². The van der Waals surface area contributed by atoms with Gasteiger partial charge in [0.1, 0.15) is 5.82 Å². The van der Waals surface area contributed by atoms with Crippen LogP contribution in [0.5, 0.6) is 0 Å². The molecule has 0 radical (unpaired) electrons. The van der Waals surface area contributed by atoms with Gasteiger partial charge in [-0.15, -0.1) is 0 Å². The van der Waals surface area contributed by atoms with Gasteiger partial charge in [0.05, 0.1) is 28.2 Å². The Bertz CT molecular complexity index is 1290. The van der Waals surface area contributed by atoms with Crippen LogP contribution >= 0.6 is 0 Å². The molecule has 9 heteroatoms. The van der Waals surface area contributed by atoms with E-state index in [4.69, 9.17) is 4.98 Å². The molecule has 3 aromatic rings. The molecular weight excluding hydrogens is 462 g/mol. The number of rotatable bonds is 6. The van der Waals surface area contributed by atoms with E-state index < -0.39 is 10.0 Å². The number of nitrogens with one attached hydrogen (secondary N) is 1. The first-order valence-corrected chi connectivity index (χ1v) is 13.9. The third-order valence-corrected chi connectivity index (χ3v) is 8.68. The average Bonchev–Trinajstić information content (AvgIpc) is 3.19. The molecule has 2 aliphatic rings. The first kappa shape index (κ1) is 23.8. The largest absolute Gasteiger partial charge is 0.340 e. The number of imidazole rings is 1. The highest BCUT2D eigenvalue weighted by atomic mass is 32.2. The number of carbonyl (C=O) groups is 1. The Morgan fingerprint density at radius 1 is 1.00 bits per heavy atom. The maximum Gasteiger partial charge on any atom is 0.261 e. The number of carbonyl (C=O) groups excluding carboxylic acids is 1. The number of hydrogen-bond donors (Lipinski definition) is 1. The second kappa shape index (κ2) is 9.99. The van der Waals surface area contributed by atoms with E-state index in [0.717, 1.165) is 55.9 Å². The van der Waals surface area contributed by atoms with E-state index in [1.54, 1.807) is 42.5 Å². The number of benzene rings is 2. The third kappa shape index (κ3) is 5.21. The van der Waals surface area contributed by atoms with Gasteiger partial charge in [-0.1, -0.05) is 37.5 Å². The SMILES string of the molecule is Cn1c(CN2CCN(C(=O)C3CCCCC3)CC2)nc2cc(NS(=O)(=O)c3ccccc3)ccc21. The molecule has 5 rings (SSSR count). The van der Waals surface area contributed by atoms with Crippen LogP contribution in [0.1, 0.15) is 37.9 Å². The van der Waals surface area contributed by atoms with Crippen molar-refractivity contribution in [2.24, 2.45) is 13.0 Å². The summed E-state index contributed by atoms with van der Waals surface area (Å²) in [5.41, 5.74) is 2.19. The number of hydrogen-bond acceptors (Lipinski definition) is 5. The molecule has 1 aromatic heterocycles. The molecule has 186 valence electrons. The summed E-state index contributed by atoms with van der Waals surface area (Å²) in [6.45, 7) is 3.91. The van der Waals surface area contributed by atoms with Crippen LogP contribution in [0, 0.1) is 5.92 Å². The number of anilines is 1. The van der Waals surface area contributed by atoms with Crippen LogP contribution in [-0.2, 0) is 28.4 Å². The quantitative estimate of drug-likeness (QED) is 0.565. The standard InChI is InChI=1S/C26H33N5O3S/c1-29-24-13-12-21(28-35(33,34)22-10-6-3-7-11-22)18-23(24)27-25(29)19-30-14-16-31(17-15-30)26(32)20-8-4-2-5-9-20/h3,6-7,10-13,18,20,28H,2,4-5,8-9,14-17,19H2,1H3. The van der Waals surface area contributed by atoms with E-state index in [-0.39, 0.29) is 10.8 Å². The van der Waals surface area contributed by atoms with E-state index in [1.807, 2.05) is 18.0 Å². The summed E-state index contributed by atoms with van der Waals surface area (Å²) in [4.78, 5) is 22.3. The van der Waals surface area contributed by atoms with Crippen molar-refractivity contribution < 1.29 is 13.2 Å². The van der Waals surface area contributed by atoms with Crippen LogP contribution in [0.25, 0.3) is 11.0 Å². The highest BCUT2D eigenvalue weighted by molar-refractivity contribution is 7.92. The fourth-order valence-electron chi connectivity index (χ4n) is 5.20. The number of amides is 1. The van der Waals surface area contributed by atoms with Gasteiger partial charge < -0.3 is 9.47 Å². The molecule has 0 spiro atoms. The fourth-order valence-corrected chi connectivity index (χ4v) is 6.27. The summed E-state index contributed by atoms with van der Waals surface area (Å²) in [5, 5.41) is 0. The number of aryl methyl sites for hydroxylation is 1. The lowest BCUT2D eigenvalue weighted by Crippen LogP contribution is -2.50. The summed E-state index contributed by atoms with van der Waals surface area (Å²) < 4.78 is 30.1. The first-order valence-electron chi connectivity index (χ1n) is 12.4. The van der Waals surface area contributed by atoms with Crippen LogP contribution in [0.4, 0.5) is 5.69 Å². The third-order valence-electron chi connectivity index (χ3n) is 7.28. The van der Waals surface area contributed by atoms with Gasteiger partial charge in [0, 0.05) is 39.1 Å². The maximum atomic E-state index is 12.9. The monoisotopic (exact) mass is 495 g/mol. The Morgan fingerprint density at radius 3 is 2.43 bits per heavy atom. The highest BCUT2D eigenvalue weighted by Gasteiger charge is 2.28. The number of piperazine rings is 1. The molecule has 2 heterocycles. The summed E-state index contributed by atoms with van der Waals surface area (Å²) in [6, 6.07) is 13.8. The zero-order valence-corrected chi connectivity index (χ0v) is 21.0. The number of sulfonamides is 1. The molecule has 1 aliphatic heterocycles. The molecule has 0 bridgehead atoms. The zero-order chi connectivity index (χ0) is 24.4. The predicted octanol–water partition coefficient (Wildman–Crippen LogP) is 3.60. The Hall–Kier alpha value is -2.91. The molecule has 1 saturated carbocycles. The molecular formula is C26H33N5O3S. The molecule has 8 nitrogen and oxygen atoms in total. The van der Waals surface area contributed by atoms with Crippen molar-refractivity contribution in [2.45, 2.75) is 43.5 Å². The van der Waals surface area contributed by atoms with Gasteiger partial charge in [-0.25, -0.2) is 13.4 Å². The van der Waals surface area contributed by atoms with Crippen LogP contribution in [0.15, 0.2) is 53.4 Å². The van der Waals surface area contributed by atoms with Crippen LogP contribution in [0.2, 0.25) is 0 Å². The van der Waals surface area contributed by atoms with Crippen molar-refractivity contribution in [2.75, 3.05) is 30.9 Å². The normalized spacial score (nSPS) is 18.1. The second-order valence-corrected chi connectivity index (χ2v) is 11.3. The predicted molar refractivity (Wildman–Crippen MR) is 136 cm³/mol. The minimum atomic E-state index is -3.65. The topological polar surface area (TPSA) is 87.5 Å². The van der Waals surface area contributed by atoms with Gasteiger partial charge in [0.2, 0.25) is 5.91 Å².